The third kappa shape index (κ3) is 8.11. The Hall–Kier alpha value is -4.78. The van der Waals surface area contributed by atoms with Crippen molar-refractivity contribution >= 4 is 36.1 Å². The first-order valence-electron chi connectivity index (χ1n) is 12.3. The smallest absolute Gasteiger partial charge is 0.342 e. The predicted molar refractivity (Wildman–Crippen MR) is 135 cm³/mol. The number of esters is 5. The van der Waals surface area contributed by atoms with Crippen molar-refractivity contribution in [2.24, 2.45) is 0 Å². The minimum absolute atomic E-state index is 0.0938. The van der Waals surface area contributed by atoms with Crippen LogP contribution in [0, 0.1) is 0 Å². The Balaban J connectivity index is 2.02. The minimum atomic E-state index is -1.71. The second-order valence-electron chi connectivity index (χ2n) is 8.72. The van der Waals surface area contributed by atoms with E-state index >= 15 is 0 Å². The summed E-state index contributed by atoms with van der Waals surface area (Å²) in [7, 11) is 1.05. The molecule has 1 saturated heterocycles. The zero-order valence-corrected chi connectivity index (χ0v) is 22.6. The number of carbonyl (C=O) groups excluding carboxylic acids is 6. The van der Waals surface area contributed by atoms with E-state index < -0.39 is 60.6 Å². The van der Waals surface area contributed by atoms with Gasteiger partial charge in [-0.15, -0.1) is 0 Å². The molecule has 1 aliphatic rings. The number of hydrogen-bond donors (Lipinski definition) is 0. The molecular weight excluding hydrogens is 544 g/mol. The summed E-state index contributed by atoms with van der Waals surface area (Å²) >= 11 is 0. The van der Waals surface area contributed by atoms with Crippen molar-refractivity contribution in [3.63, 3.8) is 0 Å². The Bertz CT molecular complexity index is 1290. The summed E-state index contributed by atoms with van der Waals surface area (Å²) in [5.74, 6) is -4.67. The molecule has 3 rings (SSSR count). The van der Waals surface area contributed by atoms with E-state index in [1.54, 1.807) is 30.3 Å². The molecule has 41 heavy (non-hydrogen) atoms. The van der Waals surface area contributed by atoms with Gasteiger partial charge in [0.15, 0.2) is 18.3 Å². The fourth-order valence-electron chi connectivity index (χ4n) is 3.98. The Kier molecular flexibility index (Phi) is 10.5. The molecule has 0 saturated carbocycles. The first kappa shape index (κ1) is 30.8. The summed E-state index contributed by atoms with van der Waals surface area (Å²) in [5, 5.41) is 0. The van der Waals surface area contributed by atoms with Crippen LogP contribution in [0.1, 0.15) is 47.1 Å². The number of ether oxygens (including phenoxy) is 7. The molecule has 13 nitrogen and oxygen atoms in total. The Morgan fingerprint density at radius 1 is 0.829 bits per heavy atom. The highest BCUT2D eigenvalue weighted by Gasteiger charge is 2.56. The molecule has 218 valence electrons. The van der Waals surface area contributed by atoms with Crippen LogP contribution in [-0.2, 0) is 54.2 Å². The predicted octanol–water partition coefficient (Wildman–Crippen LogP) is 1.93. The summed E-state index contributed by atoms with van der Waals surface area (Å²) in [4.78, 5) is 73.0. The summed E-state index contributed by atoms with van der Waals surface area (Å²) in [6.45, 7) is 3.06. The van der Waals surface area contributed by atoms with Gasteiger partial charge < -0.3 is 33.2 Å². The molecule has 1 fully saturated rings. The van der Waals surface area contributed by atoms with E-state index in [0.29, 0.717) is 11.8 Å². The lowest BCUT2D eigenvalue weighted by Crippen LogP contribution is -2.64. The fraction of sp³-hybridized carbons (Fsp3) is 0.357. The van der Waals surface area contributed by atoms with E-state index in [1.807, 2.05) is 0 Å². The lowest BCUT2D eigenvalue weighted by Gasteiger charge is -2.43. The van der Waals surface area contributed by atoms with Gasteiger partial charge in [0.05, 0.1) is 7.11 Å². The third-order valence-electron chi connectivity index (χ3n) is 5.65. The van der Waals surface area contributed by atoms with Gasteiger partial charge in [0.1, 0.15) is 24.2 Å². The maximum absolute atomic E-state index is 13.1. The van der Waals surface area contributed by atoms with Crippen LogP contribution in [0.3, 0.4) is 0 Å². The Labute approximate surface area is 234 Å². The van der Waals surface area contributed by atoms with Gasteiger partial charge in [-0.05, 0) is 23.8 Å². The van der Waals surface area contributed by atoms with E-state index in [9.17, 15) is 28.8 Å². The Morgan fingerprint density at radius 3 is 2.02 bits per heavy atom. The Morgan fingerprint density at radius 2 is 1.44 bits per heavy atom. The minimum Gasteiger partial charge on any atom is -0.467 e. The normalized spacial score (nSPS) is 21.5. The zero-order valence-electron chi connectivity index (χ0n) is 22.6. The molecule has 5 atom stereocenters. The summed E-state index contributed by atoms with van der Waals surface area (Å²) in [6.07, 6.45) is -7.69. The van der Waals surface area contributed by atoms with Gasteiger partial charge in [-0.1, -0.05) is 30.3 Å². The van der Waals surface area contributed by atoms with E-state index in [-0.39, 0.29) is 23.5 Å². The topological polar surface area (TPSA) is 167 Å². The van der Waals surface area contributed by atoms with Gasteiger partial charge in [-0.3, -0.25) is 19.2 Å². The van der Waals surface area contributed by atoms with E-state index in [4.69, 9.17) is 33.2 Å². The monoisotopic (exact) mass is 572 g/mol. The molecule has 1 aliphatic heterocycles. The zero-order chi connectivity index (χ0) is 30.1. The molecule has 0 bridgehead atoms. The standard InChI is InChI=1S/C28H28O13/c1-15(30)37-22-23(38-16(2)31)25(39-17(3)32)28(41-24(22)27(34)35-4)40-21-11-10-19(13-29)12-20(21)26(33)36-14-18-8-6-5-7-9-18/h5-13,22-25,28H,14H2,1-4H3/t22-,23-,24-,25+,28+/m0/s1. The quantitative estimate of drug-likeness (QED) is 0.230. The van der Waals surface area contributed by atoms with Gasteiger partial charge >= 0.3 is 29.8 Å². The molecule has 13 heteroatoms. The van der Waals surface area contributed by atoms with E-state index in [1.165, 1.54) is 18.2 Å². The molecule has 0 radical (unpaired) electrons. The largest absolute Gasteiger partial charge is 0.467 e. The average molecular weight is 573 g/mol. The number of aldehydes is 1. The molecule has 0 unspecified atom stereocenters. The molecule has 0 aromatic heterocycles. The van der Waals surface area contributed by atoms with Crippen molar-refractivity contribution in [2.45, 2.75) is 58.1 Å². The van der Waals surface area contributed by atoms with Crippen molar-refractivity contribution in [2.75, 3.05) is 7.11 Å². The highest BCUT2D eigenvalue weighted by Crippen LogP contribution is 2.33. The number of hydrogen-bond acceptors (Lipinski definition) is 13. The number of rotatable bonds is 10. The van der Waals surface area contributed by atoms with Crippen LogP contribution >= 0.6 is 0 Å². The van der Waals surface area contributed by atoms with Crippen LogP contribution in [0.25, 0.3) is 0 Å². The van der Waals surface area contributed by atoms with Gasteiger partial charge in [0.2, 0.25) is 12.4 Å². The molecule has 0 amide bonds. The summed E-state index contributed by atoms with van der Waals surface area (Å²) in [5.41, 5.74) is 0.615. The van der Waals surface area contributed by atoms with Crippen molar-refractivity contribution in [3.05, 3.63) is 65.2 Å². The fourth-order valence-corrected chi connectivity index (χ4v) is 3.98. The van der Waals surface area contributed by atoms with Gasteiger partial charge in [-0.25, -0.2) is 9.59 Å². The molecule has 0 N–H and O–H groups in total. The van der Waals surface area contributed by atoms with Crippen LogP contribution in [0.15, 0.2) is 48.5 Å². The summed E-state index contributed by atoms with van der Waals surface area (Å²) in [6, 6.07) is 12.6. The van der Waals surface area contributed by atoms with Crippen molar-refractivity contribution < 1.29 is 61.9 Å². The second-order valence-corrected chi connectivity index (χ2v) is 8.72. The first-order chi connectivity index (χ1) is 19.5. The molecule has 1 heterocycles. The van der Waals surface area contributed by atoms with Gasteiger partial charge in [-0.2, -0.15) is 0 Å². The van der Waals surface area contributed by atoms with Crippen LogP contribution in [-0.4, -0.2) is 73.9 Å². The van der Waals surface area contributed by atoms with Crippen molar-refractivity contribution in [1.29, 1.82) is 0 Å². The molecule has 2 aromatic carbocycles. The van der Waals surface area contributed by atoms with E-state index in [0.717, 1.165) is 27.9 Å². The summed E-state index contributed by atoms with van der Waals surface area (Å²) < 4.78 is 37.7. The second kappa shape index (κ2) is 14.0. The third-order valence-corrected chi connectivity index (χ3v) is 5.65. The van der Waals surface area contributed by atoms with Crippen LogP contribution in [0.5, 0.6) is 5.75 Å². The van der Waals surface area contributed by atoms with Gasteiger partial charge in [0, 0.05) is 26.3 Å². The first-order valence-corrected chi connectivity index (χ1v) is 12.3. The molecular formula is C28H28O13. The number of benzene rings is 2. The molecule has 0 aliphatic carbocycles. The average Bonchev–Trinajstić information content (AvgIpc) is 2.94. The lowest BCUT2D eigenvalue weighted by atomic mass is 9.97. The van der Waals surface area contributed by atoms with Gasteiger partial charge in [0.25, 0.3) is 0 Å². The maximum Gasteiger partial charge on any atom is 0.342 e. The molecule has 2 aromatic rings. The van der Waals surface area contributed by atoms with Crippen molar-refractivity contribution in [1.82, 2.24) is 0 Å². The van der Waals surface area contributed by atoms with E-state index in [2.05, 4.69) is 0 Å². The maximum atomic E-state index is 13.1. The highest BCUT2D eigenvalue weighted by molar-refractivity contribution is 5.94. The number of carbonyl (C=O) groups is 6. The van der Waals surface area contributed by atoms with Crippen LogP contribution in [0.2, 0.25) is 0 Å². The lowest BCUT2D eigenvalue weighted by molar-refractivity contribution is -0.282. The highest BCUT2D eigenvalue weighted by atomic mass is 16.7. The van der Waals surface area contributed by atoms with Crippen molar-refractivity contribution in [3.8, 4) is 5.75 Å². The van der Waals surface area contributed by atoms with Crippen LogP contribution in [0.4, 0.5) is 0 Å². The van der Waals surface area contributed by atoms with Crippen LogP contribution < -0.4 is 4.74 Å². The molecule has 0 spiro atoms. The number of methoxy groups -OCH3 is 1. The SMILES string of the molecule is COC(=O)[C@H]1O[C@@H](Oc2ccc(C=O)cc2C(=O)OCc2ccccc2)[C@H](OC(C)=O)[C@@H](OC(C)=O)[C@@H]1OC(C)=O.